The quantitative estimate of drug-likeness (QED) is 0.717. The molecule has 0 radical (unpaired) electrons. The highest BCUT2D eigenvalue weighted by molar-refractivity contribution is 5.94. The van der Waals surface area contributed by atoms with Gasteiger partial charge in [0.1, 0.15) is 0 Å². The number of hydrogen-bond acceptors (Lipinski definition) is 4. The van der Waals surface area contributed by atoms with Gasteiger partial charge in [-0.15, -0.1) is 0 Å². The number of anilines is 2. The summed E-state index contributed by atoms with van der Waals surface area (Å²) < 4.78 is 5.70. The third kappa shape index (κ3) is 5.74. The molecule has 2 rings (SSSR count). The maximum atomic E-state index is 12.3. The van der Waals surface area contributed by atoms with Crippen LogP contribution in [0.2, 0.25) is 0 Å². The highest BCUT2D eigenvalue weighted by atomic mass is 16.5. The first-order valence-corrected chi connectivity index (χ1v) is 8.38. The fourth-order valence-electron chi connectivity index (χ4n) is 2.55. The van der Waals surface area contributed by atoms with Gasteiger partial charge in [0, 0.05) is 23.6 Å². The van der Waals surface area contributed by atoms with Crippen LogP contribution in [0.25, 0.3) is 0 Å². The average Bonchev–Trinajstić information content (AvgIpc) is 2.53. The number of nitrogens with two attached hydrogens (primary N) is 1. The Balaban J connectivity index is 1.88. The molecule has 1 aromatic rings. The lowest BCUT2D eigenvalue weighted by atomic mass is 9.98. The van der Waals surface area contributed by atoms with E-state index < -0.39 is 0 Å². The van der Waals surface area contributed by atoms with E-state index in [1.807, 2.05) is 57.2 Å². The molecule has 24 heavy (non-hydrogen) atoms. The zero-order chi connectivity index (χ0) is 17.5. The summed E-state index contributed by atoms with van der Waals surface area (Å²) in [6.45, 7) is 6.79. The van der Waals surface area contributed by atoms with Gasteiger partial charge >= 0.3 is 0 Å². The number of carbonyl (C=O) groups excluding carboxylic acids is 1. The Kier molecular flexibility index (Phi) is 6.44. The monoisotopic (exact) mass is 329 g/mol. The number of benzene rings is 1. The molecule has 0 fully saturated rings. The Labute approximate surface area is 144 Å². The van der Waals surface area contributed by atoms with Crippen molar-refractivity contribution in [2.75, 3.05) is 17.2 Å². The van der Waals surface area contributed by atoms with Gasteiger partial charge in [-0.05, 0) is 51.5 Å². The minimum absolute atomic E-state index is 0.0244. The predicted molar refractivity (Wildman–Crippen MR) is 98.8 cm³/mol. The van der Waals surface area contributed by atoms with E-state index >= 15 is 0 Å². The summed E-state index contributed by atoms with van der Waals surface area (Å²) in [5.41, 5.74) is 8.12. The van der Waals surface area contributed by atoms with Crippen LogP contribution in [0, 0.1) is 5.92 Å². The number of nitrogens with one attached hydrogen (secondary N) is 2. The molecule has 0 saturated carbocycles. The number of ether oxygens (including phenoxy) is 1. The summed E-state index contributed by atoms with van der Waals surface area (Å²) in [5, 5.41) is 6.29. The van der Waals surface area contributed by atoms with Gasteiger partial charge in [0.25, 0.3) is 0 Å². The Hall–Kier alpha value is -2.27. The van der Waals surface area contributed by atoms with Gasteiger partial charge in [-0.3, -0.25) is 4.79 Å². The molecule has 1 aromatic carbocycles. The molecule has 2 unspecified atom stereocenters. The topological polar surface area (TPSA) is 76.4 Å². The minimum atomic E-state index is -0.173. The lowest BCUT2D eigenvalue weighted by molar-refractivity contribution is -0.118. The van der Waals surface area contributed by atoms with Crippen LogP contribution in [0.3, 0.4) is 0 Å². The van der Waals surface area contributed by atoms with Crippen LogP contribution in [0.4, 0.5) is 11.4 Å². The Morgan fingerprint density at radius 2 is 2.08 bits per heavy atom. The van der Waals surface area contributed by atoms with Gasteiger partial charge in [0.2, 0.25) is 5.91 Å². The van der Waals surface area contributed by atoms with Crippen LogP contribution in [0.5, 0.6) is 0 Å². The summed E-state index contributed by atoms with van der Waals surface area (Å²) in [6, 6.07) is 7.70. The standard InChI is InChI=1S/C19H27N3O2/c1-13(2)24-14(3)12-21-17-5-4-6-18(11-17)22-19(23)15-7-9-16(20)10-8-15/h4-7,9-11,13-15,21H,8,12,20H2,1-3H3,(H,22,23). The van der Waals surface area contributed by atoms with Crippen molar-refractivity contribution in [1.82, 2.24) is 0 Å². The van der Waals surface area contributed by atoms with Gasteiger partial charge in [-0.1, -0.05) is 18.2 Å². The smallest absolute Gasteiger partial charge is 0.231 e. The number of hydrogen-bond donors (Lipinski definition) is 3. The number of rotatable bonds is 7. The summed E-state index contributed by atoms with van der Waals surface area (Å²) in [5.74, 6) is -0.197. The Morgan fingerprint density at radius 3 is 2.75 bits per heavy atom. The summed E-state index contributed by atoms with van der Waals surface area (Å²) >= 11 is 0. The van der Waals surface area contributed by atoms with E-state index in [4.69, 9.17) is 10.5 Å². The van der Waals surface area contributed by atoms with Crippen molar-refractivity contribution in [1.29, 1.82) is 0 Å². The van der Waals surface area contributed by atoms with Crippen molar-refractivity contribution in [2.45, 2.75) is 39.4 Å². The number of amides is 1. The average molecular weight is 329 g/mol. The maximum absolute atomic E-state index is 12.3. The second kappa shape index (κ2) is 8.55. The van der Waals surface area contributed by atoms with E-state index in [0.717, 1.165) is 11.4 Å². The van der Waals surface area contributed by atoms with Gasteiger partial charge in [-0.2, -0.15) is 0 Å². The van der Waals surface area contributed by atoms with Crippen molar-refractivity contribution >= 4 is 17.3 Å². The lowest BCUT2D eigenvalue weighted by Crippen LogP contribution is -2.23. The molecule has 0 spiro atoms. The van der Waals surface area contributed by atoms with Gasteiger partial charge in [0.15, 0.2) is 0 Å². The zero-order valence-electron chi connectivity index (χ0n) is 14.6. The van der Waals surface area contributed by atoms with Gasteiger partial charge in [-0.25, -0.2) is 0 Å². The van der Waals surface area contributed by atoms with Crippen molar-refractivity contribution in [2.24, 2.45) is 11.7 Å². The molecule has 0 aromatic heterocycles. The van der Waals surface area contributed by atoms with E-state index in [2.05, 4.69) is 10.6 Å². The summed E-state index contributed by atoms with van der Waals surface area (Å²) in [4.78, 5) is 12.3. The van der Waals surface area contributed by atoms with Gasteiger partial charge < -0.3 is 21.1 Å². The molecule has 0 saturated heterocycles. The first-order chi connectivity index (χ1) is 11.4. The molecule has 4 N–H and O–H groups in total. The molecule has 130 valence electrons. The van der Waals surface area contributed by atoms with Crippen molar-refractivity contribution < 1.29 is 9.53 Å². The molecular weight excluding hydrogens is 302 g/mol. The molecule has 1 aliphatic rings. The molecule has 0 bridgehead atoms. The van der Waals surface area contributed by atoms with E-state index in [0.29, 0.717) is 18.7 Å². The first-order valence-electron chi connectivity index (χ1n) is 8.38. The van der Waals surface area contributed by atoms with E-state index in [-0.39, 0.29) is 24.0 Å². The summed E-state index contributed by atoms with van der Waals surface area (Å²) in [7, 11) is 0. The fraction of sp³-hybridized carbons (Fsp3) is 0.421. The van der Waals surface area contributed by atoms with Crippen molar-refractivity contribution in [3.8, 4) is 0 Å². The number of allylic oxidation sites excluding steroid dienone is 2. The lowest BCUT2D eigenvalue weighted by Gasteiger charge is -2.18. The second-order valence-corrected chi connectivity index (χ2v) is 6.35. The molecule has 2 atom stereocenters. The van der Waals surface area contributed by atoms with Gasteiger partial charge in [0.05, 0.1) is 18.1 Å². The van der Waals surface area contributed by atoms with Crippen LogP contribution < -0.4 is 16.4 Å². The Bertz CT molecular complexity index is 623. The molecule has 0 heterocycles. The normalized spacial score (nSPS) is 18.2. The highest BCUT2D eigenvalue weighted by Crippen LogP contribution is 2.19. The second-order valence-electron chi connectivity index (χ2n) is 6.35. The largest absolute Gasteiger partial charge is 0.399 e. The summed E-state index contributed by atoms with van der Waals surface area (Å²) in [6.07, 6.45) is 6.46. The van der Waals surface area contributed by atoms with Crippen molar-refractivity contribution in [3.05, 3.63) is 48.2 Å². The third-order valence-electron chi connectivity index (χ3n) is 3.69. The van der Waals surface area contributed by atoms with Crippen LogP contribution in [-0.4, -0.2) is 24.7 Å². The molecule has 1 aliphatic carbocycles. The Morgan fingerprint density at radius 1 is 1.33 bits per heavy atom. The molecule has 1 amide bonds. The van der Waals surface area contributed by atoms with Crippen molar-refractivity contribution in [3.63, 3.8) is 0 Å². The minimum Gasteiger partial charge on any atom is -0.399 e. The highest BCUT2D eigenvalue weighted by Gasteiger charge is 2.16. The van der Waals surface area contributed by atoms with E-state index in [1.165, 1.54) is 0 Å². The zero-order valence-corrected chi connectivity index (χ0v) is 14.6. The first kappa shape index (κ1) is 18.1. The van der Waals surface area contributed by atoms with Crippen LogP contribution >= 0.6 is 0 Å². The molecule has 0 aliphatic heterocycles. The van der Waals surface area contributed by atoms with Crippen LogP contribution in [-0.2, 0) is 9.53 Å². The predicted octanol–water partition coefficient (Wildman–Crippen LogP) is 3.27. The molecular formula is C19H27N3O2. The number of carbonyl (C=O) groups is 1. The third-order valence-corrected chi connectivity index (χ3v) is 3.69. The van der Waals surface area contributed by atoms with Crippen LogP contribution in [0.1, 0.15) is 27.2 Å². The fourth-order valence-corrected chi connectivity index (χ4v) is 2.55. The maximum Gasteiger partial charge on any atom is 0.231 e. The molecule has 5 heteroatoms. The SMILES string of the molecule is CC(C)OC(C)CNc1cccc(NC(=O)C2C=CC(N)=CC2)c1. The van der Waals surface area contributed by atoms with E-state index in [1.54, 1.807) is 6.08 Å². The van der Waals surface area contributed by atoms with Crippen LogP contribution in [0.15, 0.2) is 48.2 Å². The van der Waals surface area contributed by atoms with E-state index in [9.17, 15) is 4.79 Å². The molecule has 5 nitrogen and oxygen atoms in total.